The van der Waals surface area contributed by atoms with Gasteiger partial charge in [0.2, 0.25) is 5.91 Å². The third kappa shape index (κ3) is 4.07. The molecule has 1 aromatic carbocycles. The fourth-order valence-corrected chi connectivity index (χ4v) is 3.83. The Balaban J connectivity index is 1.34. The highest BCUT2D eigenvalue weighted by Gasteiger charge is 2.30. The number of nitrogens with one attached hydrogen (secondary N) is 1. The molecule has 1 atom stereocenters. The Kier molecular flexibility index (Phi) is 5.39. The van der Waals surface area contributed by atoms with Crippen molar-refractivity contribution in [3.05, 3.63) is 71.4 Å². The third-order valence-corrected chi connectivity index (χ3v) is 5.38. The molecule has 0 aliphatic carbocycles. The van der Waals surface area contributed by atoms with Crippen molar-refractivity contribution in [2.75, 3.05) is 6.54 Å². The van der Waals surface area contributed by atoms with Gasteiger partial charge in [0.15, 0.2) is 0 Å². The average Bonchev–Trinajstić information content (AvgIpc) is 3.23. The number of carbonyl (C=O) groups is 1. The molecule has 2 aromatic heterocycles. The van der Waals surface area contributed by atoms with Gasteiger partial charge >= 0.3 is 0 Å². The zero-order valence-electron chi connectivity index (χ0n) is 16.1. The van der Waals surface area contributed by atoms with E-state index in [9.17, 15) is 9.18 Å². The standard InChI is InChI=1S/C22H25FN4O/c1-16-9-11-26-14-18(25-21(26)12-16)15-27-19(6-7-22(27)28)8-10-24-13-17-4-2-3-5-20(17)23/h2-5,9,11-12,14,19,24H,6-8,10,13,15H2,1H3/t19-/m1/s1. The number of fused-ring (bicyclic) bond motifs is 1. The van der Waals surface area contributed by atoms with Crippen molar-refractivity contribution in [3.63, 3.8) is 0 Å². The van der Waals surface area contributed by atoms with Crippen molar-refractivity contribution in [3.8, 4) is 0 Å². The van der Waals surface area contributed by atoms with Crippen LogP contribution in [0.25, 0.3) is 5.65 Å². The first-order chi connectivity index (χ1) is 13.6. The van der Waals surface area contributed by atoms with Gasteiger partial charge in [-0.1, -0.05) is 18.2 Å². The Morgan fingerprint density at radius 3 is 3.00 bits per heavy atom. The van der Waals surface area contributed by atoms with E-state index in [1.54, 1.807) is 12.1 Å². The highest BCUT2D eigenvalue weighted by atomic mass is 19.1. The molecule has 0 spiro atoms. The van der Waals surface area contributed by atoms with Gasteiger partial charge in [-0.05, 0) is 50.1 Å². The first kappa shape index (κ1) is 18.6. The van der Waals surface area contributed by atoms with Crippen molar-refractivity contribution >= 4 is 11.6 Å². The van der Waals surface area contributed by atoms with Gasteiger partial charge in [-0.2, -0.15) is 0 Å². The number of hydrogen-bond acceptors (Lipinski definition) is 3. The van der Waals surface area contributed by atoms with Crippen molar-refractivity contribution in [2.45, 2.75) is 45.3 Å². The lowest BCUT2D eigenvalue weighted by molar-refractivity contribution is -0.129. The predicted octanol–water partition coefficient (Wildman–Crippen LogP) is 3.45. The van der Waals surface area contributed by atoms with E-state index in [1.807, 2.05) is 46.8 Å². The molecule has 0 saturated carbocycles. The maximum atomic E-state index is 13.7. The van der Waals surface area contributed by atoms with Crippen LogP contribution < -0.4 is 5.32 Å². The van der Waals surface area contributed by atoms with Crippen LogP contribution in [-0.4, -0.2) is 32.8 Å². The molecule has 28 heavy (non-hydrogen) atoms. The minimum absolute atomic E-state index is 0.185. The zero-order valence-corrected chi connectivity index (χ0v) is 16.1. The summed E-state index contributed by atoms with van der Waals surface area (Å²) in [6.45, 7) is 3.83. The number of nitrogens with zero attached hydrogens (tertiary/aromatic N) is 3. The summed E-state index contributed by atoms with van der Waals surface area (Å²) in [4.78, 5) is 19.0. The molecule has 5 nitrogen and oxygen atoms in total. The average molecular weight is 380 g/mol. The number of amides is 1. The molecule has 0 unspecified atom stereocenters. The molecule has 0 radical (unpaired) electrons. The number of pyridine rings is 1. The minimum atomic E-state index is -0.185. The lowest BCUT2D eigenvalue weighted by atomic mass is 10.1. The third-order valence-electron chi connectivity index (χ3n) is 5.38. The number of carbonyl (C=O) groups excluding carboxylic acids is 1. The molecule has 1 amide bonds. The summed E-state index contributed by atoms with van der Waals surface area (Å²) in [6.07, 6.45) is 6.30. The SMILES string of the molecule is Cc1ccn2cc(CN3C(=O)CC[C@@H]3CCNCc3ccccc3F)nc2c1. The fraction of sp³-hybridized carbons (Fsp3) is 0.364. The van der Waals surface area contributed by atoms with Gasteiger partial charge in [0.1, 0.15) is 11.5 Å². The van der Waals surface area contributed by atoms with Crippen LogP contribution in [0.15, 0.2) is 48.8 Å². The first-order valence-electron chi connectivity index (χ1n) is 9.78. The topological polar surface area (TPSA) is 49.6 Å². The quantitative estimate of drug-likeness (QED) is 0.639. The number of rotatable bonds is 7. The van der Waals surface area contributed by atoms with Crippen molar-refractivity contribution in [1.82, 2.24) is 19.6 Å². The van der Waals surface area contributed by atoms with Gasteiger partial charge in [-0.3, -0.25) is 4.79 Å². The molecule has 3 heterocycles. The molecule has 1 saturated heterocycles. The number of benzene rings is 1. The number of likely N-dealkylation sites (tertiary alicyclic amines) is 1. The Hall–Kier alpha value is -2.73. The molecule has 146 valence electrons. The molecule has 0 bridgehead atoms. The largest absolute Gasteiger partial charge is 0.334 e. The van der Waals surface area contributed by atoms with E-state index in [0.29, 0.717) is 25.1 Å². The Labute approximate surface area is 164 Å². The first-order valence-corrected chi connectivity index (χ1v) is 9.78. The second-order valence-electron chi connectivity index (χ2n) is 7.47. The second kappa shape index (κ2) is 8.10. The summed E-state index contributed by atoms with van der Waals surface area (Å²) in [5, 5.41) is 3.30. The van der Waals surface area contributed by atoms with E-state index in [0.717, 1.165) is 30.7 Å². The summed E-state index contributed by atoms with van der Waals surface area (Å²) in [5.74, 6) is 0.00194. The van der Waals surface area contributed by atoms with E-state index in [2.05, 4.69) is 10.3 Å². The normalized spacial score (nSPS) is 17.0. The van der Waals surface area contributed by atoms with E-state index >= 15 is 0 Å². The van der Waals surface area contributed by atoms with Crippen LogP contribution in [0.1, 0.15) is 36.1 Å². The molecule has 6 heteroatoms. The zero-order chi connectivity index (χ0) is 19.5. The highest BCUT2D eigenvalue weighted by Crippen LogP contribution is 2.23. The lowest BCUT2D eigenvalue weighted by Gasteiger charge is -2.24. The van der Waals surface area contributed by atoms with Crippen LogP contribution in [0.4, 0.5) is 4.39 Å². The maximum Gasteiger partial charge on any atom is 0.223 e. The van der Waals surface area contributed by atoms with Crippen LogP contribution >= 0.6 is 0 Å². The Morgan fingerprint density at radius 2 is 2.14 bits per heavy atom. The van der Waals surface area contributed by atoms with E-state index < -0.39 is 0 Å². The maximum absolute atomic E-state index is 13.7. The monoisotopic (exact) mass is 380 g/mol. The Morgan fingerprint density at radius 1 is 1.29 bits per heavy atom. The Bertz CT molecular complexity index is 984. The van der Waals surface area contributed by atoms with Crippen molar-refractivity contribution in [1.29, 1.82) is 0 Å². The van der Waals surface area contributed by atoms with Gasteiger partial charge in [-0.25, -0.2) is 9.37 Å². The lowest BCUT2D eigenvalue weighted by Crippen LogP contribution is -2.34. The number of aryl methyl sites for hydroxylation is 1. The fourth-order valence-electron chi connectivity index (χ4n) is 3.83. The molecule has 1 aliphatic rings. The van der Waals surface area contributed by atoms with Crippen LogP contribution in [-0.2, 0) is 17.9 Å². The summed E-state index contributed by atoms with van der Waals surface area (Å²) in [6, 6.07) is 11.1. The molecular weight excluding hydrogens is 355 g/mol. The smallest absolute Gasteiger partial charge is 0.223 e. The highest BCUT2D eigenvalue weighted by molar-refractivity contribution is 5.78. The summed E-state index contributed by atoms with van der Waals surface area (Å²) in [5.41, 5.74) is 3.65. The van der Waals surface area contributed by atoms with Crippen LogP contribution in [0, 0.1) is 12.7 Å². The van der Waals surface area contributed by atoms with Gasteiger partial charge in [0, 0.05) is 37.0 Å². The van der Waals surface area contributed by atoms with E-state index in [4.69, 9.17) is 0 Å². The molecule has 1 fully saturated rings. The van der Waals surface area contributed by atoms with Crippen LogP contribution in [0.3, 0.4) is 0 Å². The van der Waals surface area contributed by atoms with E-state index in [1.165, 1.54) is 11.6 Å². The molecular formula is C22H25FN4O. The summed E-state index contributed by atoms with van der Waals surface area (Å²) < 4.78 is 15.7. The summed E-state index contributed by atoms with van der Waals surface area (Å²) in [7, 11) is 0. The number of aromatic nitrogens is 2. The summed E-state index contributed by atoms with van der Waals surface area (Å²) >= 11 is 0. The molecule has 1 aliphatic heterocycles. The second-order valence-corrected chi connectivity index (χ2v) is 7.47. The number of imidazole rings is 1. The van der Waals surface area contributed by atoms with Gasteiger partial charge < -0.3 is 14.6 Å². The van der Waals surface area contributed by atoms with Crippen molar-refractivity contribution in [2.24, 2.45) is 0 Å². The van der Waals surface area contributed by atoms with Gasteiger partial charge in [0.25, 0.3) is 0 Å². The molecule has 3 aromatic rings. The van der Waals surface area contributed by atoms with Crippen LogP contribution in [0.2, 0.25) is 0 Å². The molecule has 4 rings (SSSR count). The number of hydrogen-bond donors (Lipinski definition) is 1. The van der Waals surface area contributed by atoms with Crippen LogP contribution in [0.5, 0.6) is 0 Å². The number of halogens is 1. The van der Waals surface area contributed by atoms with E-state index in [-0.39, 0.29) is 17.8 Å². The van der Waals surface area contributed by atoms with Gasteiger partial charge in [-0.15, -0.1) is 0 Å². The molecule has 1 N–H and O–H groups in total. The minimum Gasteiger partial charge on any atom is -0.334 e. The van der Waals surface area contributed by atoms with Gasteiger partial charge in [0.05, 0.1) is 12.2 Å². The van der Waals surface area contributed by atoms with Crippen molar-refractivity contribution < 1.29 is 9.18 Å². The predicted molar refractivity (Wildman–Crippen MR) is 106 cm³/mol.